The molecule has 3 unspecified atom stereocenters. The summed E-state index contributed by atoms with van der Waals surface area (Å²) in [4.78, 5) is 31.3. The number of fused-ring (bicyclic) bond motifs is 2. The molecular weight excluding hydrogens is 543 g/mol. The summed E-state index contributed by atoms with van der Waals surface area (Å²) in [6.45, 7) is 2.94. The summed E-state index contributed by atoms with van der Waals surface area (Å²) in [5.74, 6) is -0.866. The molecule has 2 amide bonds. The smallest absolute Gasteiger partial charge is 0.381 e. The first kappa shape index (κ1) is 27.7. The topological polar surface area (TPSA) is 71.1 Å². The van der Waals surface area contributed by atoms with E-state index in [1.165, 1.54) is 21.4 Å². The predicted octanol–water partition coefficient (Wildman–Crippen LogP) is 4.21. The van der Waals surface area contributed by atoms with Crippen molar-refractivity contribution in [1.82, 2.24) is 15.1 Å². The molecule has 2 fully saturated rings. The number of hydrogen-bond acceptors (Lipinski definition) is 6. The Morgan fingerprint density at radius 2 is 1.98 bits per heavy atom. The summed E-state index contributed by atoms with van der Waals surface area (Å²) in [6, 6.07) is 5.54. The van der Waals surface area contributed by atoms with Crippen LogP contribution < -0.4 is 5.32 Å². The molecule has 1 aromatic carbocycles. The summed E-state index contributed by atoms with van der Waals surface area (Å²) in [5, 5.41) is 5.22. The first-order valence-corrected chi connectivity index (χ1v) is 15.0. The number of aryl methyl sites for hydroxylation is 1. The Morgan fingerprint density at radius 3 is 2.83 bits per heavy atom. The van der Waals surface area contributed by atoms with Gasteiger partial charge in [-0.15, -0.1) is 11.3 Å². The van der Waals surface area contributed by atoms with Crippen molar-refractivity contribution in [3.63, 3.8) is 0 Å². The predicted molar refractivity (Wildman–Crippen MR) is 143 cm³/mol. The minimum atomic E-state index is -4.54. The normalized spacial score (nSPS) is 27.4. The number of benzene rings is 1. The van der Waals surface area contributed by atoms with Gasteiger partial charge in [-0.25, -0.2) is 0 Å². The molecule has 2 aromatic rings. The molecule has 0 bridgehead atoms. The lowest BCUT2D eigenvalue weighted by Crippen LogP contribution is -2.50. The SMILES string of the molecule is O=C(CN1CCc2ccc(C(F)(F)F)cc2C1=O)NC1CN(C2CCCOCC2)C[C@@H]1OC1CCc2ccsc21. The maximum absolute atomic E-state index is 13.3. The first-order chi connectivity index (χ1) is 19.3. The average Bonchev–Trinajstić information content (AvgIpc) is 3.58. The summed E-state index contributed by atoms with van der Waals surface area (Å²) in [6.07, 6.45) is 0.581. The minimum Gasteiger partial charge on any atom is -0.381 e. The van der Waals surface area contributed by atoms with E-state index in [2.05, 4.69) is 21.7 Å². The molecule has 4 heterocycles. The molecular formula is C29H34F3N3O4S. The number of likely N-dealkylation sites (tertiary alicyclic amines) is 1. The van der Waals surface area contributed by atoms with E-state index in [1.54, 1.807) is 11.3 Å². The van der Waals surface area contributed by atoms with Crippen LogP contribution in [0.25, 0.3) is 0 Å². The van der Waals surface area contributed by atoms with Gasteiger partial charge in [0, 0.05) is 49.3 Å². The maximum Gasteiger partial charge on any atom is 0.416 e. The second-order valence-electron chi connectivity index (χ2n) is 11.2. The molecule has 11 heteroatoms. The van der Waals surface area contributed by atoms with Crippen molar-refractivity contribution >= 4 is 23.2 Å². The van der Waals surface area contributed by atoms with Gasteiger partial charge in [-0.2, -0.15) is 13.2 Å². The monoisotopic (exact) mass is 577 g/mol. The second-order valence-corrected chi connectivity index (χ2v) is 12.1. The highest BCUT2D eigenvalue weighted by molar-refractivity contribution is 7.10. The number of alkyl halides is 3. The van der Waals surface area contributed by atoms with Crippen molar-refractivity contribution < 1.29 is 32.2 Å². The maximum atomic E-state index is 13.3. The summed E-state index contributed by atoms with van der Waals surface area (Å²) in [7, 11) is 0. The summed E-state index contributed by atoms with van der Waals surface area (Å²) < 4.78 is 52.0. The molecule has 7 nitrogen and oxygen atoms in total. The highest BCUT2D eigenvalue weighted by Gasteiger charge is 2.41. The van der Waals surface area contributed by atoms with Crippen LogP contribution in [-0.2, 0) is 33.3 Å². The number of thiophene rings is 1. The quantitative estimate of drug-likeness (QED) is 0.557. The van der Waals surface area contributed by atoms with Gasteiger partial charge in [0.1, 0.15) is 0 Å². The van der Waals surface area contributed by atoms with Crippen molar-refractivity contribution in [1.29, 1.82) is 0 Å². The van der Waals surface area contributed by atoms with E-state index in [1.807, 2.05) is 0 Å². The van der Waals surface area contributed by atoms with Crippen molar-refractivity contribution in [3.8, 4) is 0 Å². The Hall–Kier alpha value is -2.47. The van der Waals surface area contributed by atoms with Gasteiger partial charge in [-0.05, 0) is 73.2 Å². The molecule has 2 saturated heterocycles. The van der Waals surface area contributed by atoms with Gasteiger partial charge >= 0.3 is 6.18 Å². The van der Waals surface area contributed by atoms with Gasteiger partial charge in [0.2, 0.25) is 5.91 Å². The van der Waals surface area contributed by atoms with Gasteiger partial charge in [0.05, 0.1) is 30.4 Å². The zero-order chi connectivity index (χ0) is 27.9. The first-order valence-electron chi connectivity index (χ1n) is 14.1. The van der Waals surface area contributed by atoms with Gasteiger partial charge in [-0.3, -0.25) is 14.5 Å². The van der Waals surface area contributed by atoms with E-state index in [4.69, 9.17) is 9.47 Å². The fourth-order valence-corrected chi connectivity index (χ4v) is 7.52. The molecule has 4 aliphatic rings. The van der Waals surface area contributed by atoms with Crippen LogP contribution in [0.3, 0.4) is 0 Å². The zero-order valence-corrected chi connectivity index (χ0v) is 23.1. The van der Waals surface area contributed by atoms with Crippen LogP contribution in [0.15, 0.2) is 29.6 Å². The van der Waals surface area contributed by atoms with E-state index in [0.717, 1.165) is 57.5 Å². The Bertz CT molecular complexity index is 1240. The fourth-order valence-electron chi connectivity index (χ4n) is 6.50. The number of ether oxygens (including phenoxy) is 2. The zero-order valence-electron chi connectivity index (χ0n) is 22.3. The van der Waals surface area contributed by atoms with Crippen LogP contribution in [0.4, 0.5) is 13.2 Å². The molecule has 1 aromatic heterocycles. The molecule has 40 heavy (non-hydrogen) atoms. The fraction of sp³-hybridized carbons (Fsp3) is 0.586. The van der Waals surface area contributed by atoms with E-state index in [0.29, 0.717) is 31.1 Å². The molecule has 1 aliphatic carbocycles. The number of halogens is 3. The van der Waals surface area contributed by atoms with Crippen LogP contribution in [0.1, 0.15) is 63.7 Å². The molecule has 1 N–H and O–H groups in total. The van der Waals surface area contributed by atoms with Crippen LogP contribution in [0.2, 0.25) is 0 Å². The summed E-state index contributed by atoms with van der Waals surface area (Å²) in [5.41, 5.74) is 1.07. The lowest BCUT2D eigenvalue weighted by molar-refractivity contribution is -0.137. The highest BCUT2D eigenvalue weighted by atomic mass is 32.1. The number of carbonyl (C=O) groups excluding carboxylic acids is 2. The van der Waals surface area contributed by atoms with E-state index in [-0.39, 0.29) is 42.8 Å². The van der Waals surface area contributed by atoms with Crippen molar-refractivity contribution in [3.05, 3.63) is 56.8 Å². The molecule has 216 valence electrons. The number of amides is 2. The Balaban J connectivity index is 1.13. The molecule has 0 saturated carbocycles. The third-order valence-electron chi connectivity index (χ3n) is 8.61. The van der Waals surface area contributed by atoms with Gasteiger partial charge in [-0.1, -0.05) is 6.07 Å². The Labute approximate surface area is 235 Å². The molecule has 4 atom stereocenters. The average molecular weight is 578 g/mol. The minimum absolute atomic E-state index is 0.0137. The third kappa shape index (κ3) is 5.79. The van der Waals surface area contributed by atoms with E-state index < -0.39 is 17.6 Å². The number of nitrogens with zero attached hydrogens (tertiary/aromatic N) is 2. The summed E-state index contributed by atoms with van der Waals surface area (Å²) >= 11 is 1.71. The van der Waals surface area contributed by atoms with Crippen molar-refractivity contribution in [2.24, 2.45) is 0 Å². The van der Waals surface area contributed by atoms with Crippen LogP contribution in [0.5, 0.6) is 0 Å². The molecule has 0 radical (unpaired) electrons. The lowest BCUT2D eigenvalue weighted by Gasteiger charge is -2.30. The standard InChI is InChI=1S/C29H34F3N3O4S/c30-29(31,32)20-5-3-18-7-10-34(28(37)22(18)14-20)17-26(36)33-23-15-35(21-2-1-11-38-12-8-21)16-25(23)39-24-6-4-19-9-13-40-27(19)24/h3,5,9,13-14,21,23-25H,1-2,4,6-8,10-12,15-17H2,(H,33,36)/t21?,23?,24?,25-/m0/s1. The number of carbonyl (C=O) groups is 2. The van der Waals surface area contributed by atoms with Crippen molar-refractivity contribution in [2.75, 3.05) is 39.4 Å². The van der Waals surface area contributed by atoms with Crippen LogP contribution in [0, 0.1) is 0 Å². The van der Waals surface area contributed by atoms with Gasteiger partial charge in [0.25, 0.3) is 5.91 Å². The van der Waals surface area contributed by atoms with Gasteiger partial charge in [0.15, 0.2) is 0 Å². The van der Waals surface area contributed by atoms with Gasteiger partial charge < -0.3 is 19.7 Å². The number of nitrogens with one attached hydrogen (secondary N) is 1. The number of rotatable bonds is 6. The Morgan fingerprint density at radius 1 is 1.10 bits per heavy atom. The Kier molecular flexibility index (Phi) is 7.91. The number of hydrogen-bond donors (Lipinski definition) is 1. The molecule has 0 spiro atoms. The molecule has 3 aliphatic heterocycles. The third-order valence-corrected chi connectivity index (χ3v) is 9.66. The largest absolute Gasteiger partial charge is 0.416 e. The highest BCUT2D eigenvalue weighted by Crippen LogP contribution is 2.40. The van der Waals surface area contributed by atoms with Crippen molar-refractivity contribution in [2.45, 2.75) is 69.0 Å². The lowest BCUT2D eigenvalue weighted by atomic mass is 9.96. The van der Waals surface area contributed by atoms with E-state index in [9.17, 15) is 22.8 Å². The van der Waals surface area contributed by atoms with Crippen LogP contribution in [-0.4, -0.2) is 79.2 Å². The molecule has 6 rings (SSSR count). The van der Waals surface area contributed by atoms with Crippen LogP contribution >= 0.6 is 11.3 Å². The second kappa shape index (κ2) is 11.4. The van der Waals surface area contributed by atoms with E-state index >= 15 is 0 Å².